The Kier molecular flexibility index (Phi) is 9.45. The van der Waals surface area contributed by atoms with Gasteiger partial charge in [0.2, 0.25) is 5.91 Å². The first-order valence-corrected chi connectivity index (χ1v) is 13.8. The van der Waals surface area contributed by atoms with Crippen molar-refractivity contribution in [3.63, 3.8) is 0 Å². The summed E-state index contributed by atoms with van der Waals surface area (Å²) in [7, 11) is 1.68. The Morgan fingerprint density at radius 2 is 1.65 bits per heavy atom. The average molecular weight is 507 g/mol. The van der Waals surface area contributed by atoms with Crippen molar-refractivity contribution >= 4 is 17.6 Å². The number of ether oxygens (including phenoxy) is 1. The zero-order chi connectivity index (χ0) is 26.2. The molecule has 1 saturated carbocycles. The molecule has 7 nitrogen and oxygen atoms in total. The Morgan fingerprint density at radius 1 is 0.973 bits per heavy atom. The number of amides is 3. The fourth-order valence-electron chi connectivity index (χ4n) is 5.64. The lowest BCUT2D eigenvalue weighted by atomic mass is 9.95. The van der Waals surface area contributed by atoms with E-state index in [2.05, 4.69) is 41.5 Å². The molecule has 2 aliphatic rings. The zero-order valence-electron chi connectivity index (χ0n) is 22.5. The van der Waals surface area contributed by atoms with Crippen LogP contribution in [0, 0.1) is 5.92 Å². The first-order chi connectivity index (χ1) is 18.0. The average Bonchev–Trinajstić information content (AvgIpc) is 3.44. The van der Waals surface area contributed by atoms with Gasteiger partial charge < -0.3 is 20.3 Å². The summed E-state index contributed by atoms with van der Waals surface area (Å²) in [6.07, 6.45) is 5.30. The third-order valence-corrected chi connectivity index (χ3v) is 7.82. The molecule has 1 saturated heterocycles. The number of piperazine rings is 1. The van der Waals surface area contributed by atoms with Crippen LogP contribution in [0.3, 0.4) is 0 Å². The summed E-state index contributed by atoms with van der Waals surface area (Å²) in [5.41, 5.74) is 3.17. The predicted octanol–water partition coefficient (Wildman–Crippen LogP) is 4.89. The molecule has 2 aromatic rings. The standard InChI is InChI=1S/C30H42N4O3/c1-22(2)23-12-14-26(15-13-23)32-30(36)34-20-18-33(19-21-34)28(25-9-4-5-10-25)29(35)31-17-16-24-8-6-7-11-27(24)37-3/h6-8,11-15,22,25,28H,4-5,9-10,16-21H2,1-3H3,(H,31,35)(H,32,36). The molecule has 37 heavy (non-hydrogen) atoms. The van der Waals surface area contributed by atoms with Crippen LogP contribution in [0.15, 0.2) is 48.5 Å². The number of hydrogen-bond donors (Lipinski definition) is 2. The van der Waals surface area contributed by atoms with E-state index in [1.165, 1.54) is 18.4 Å². The Morgan fingerprint density at radius 3 is 2.30 bits per heavy atom. The summed E-state index contributed by atoms with van der Waals surface area (Å²) in [6, 6.07) is 15.8. The van der Waals surface area contributed by atoms with Gasteiger partial charge in [-0.25, -0.2) is 4.79 Å². The molecule has 2 N–H and O–H groups in total. The highest BCUT2D eigenvalue weighted by Crippen LogP contribution is 2.31. The fourth-order valence-corrected chi connectivity index (χ4v) is 5.64. The maximum atomic E-state index is 13.4. The van der Waals surface area contributed by atoms with Gasteiger partial charge in [0.1, 0.15) is 5.75 Å². The highest BCUT2D eigenvalue weighted by atomic mass is 16.5. The molecule has 1 unspecified atom stereocenters. The van der Waals surface area contributed by atoms with Crippen molar-refractivity contribution in [2.45, 2.75) is 57.9 Å². The molecule has 1 atom stereocenters. The first-order valence-electron chi connectivity index (χ1n) is 13.8. The summed E-state index contributed by atoms with van der Waals surface area (Å²) < 4.78 is 5.45. The van der Waals surface area contributed by atoms with Gasteiger partial charge in [-0.1, -0.05) is 57.0 Å². The van der Waals surface area contributed by atoms with Gasteiger partial charge in [-0.2, -0.15) is 0 Å². The molecule has 0 bridgehead atoms. The summed E-state index contributed by atoms with van der Waals surface area (Å²) >= 11 is 0. The molecule has 0 radical (unpaired) electrons. The smallest absolute Gasteiger partial charge is 0.321 e. The maximum absolute atomic E-state index is 13.4. The van der Waals surface area contributed by atoms with Gasteiger partial charge in [0.15, 0.2) is 0 Å². The van der Waals surface area contributed by atoms with Gasteiger partial charge in [-0.05, 0) is 60.4 Å². The number of nitrogens with zero attached hydrogens (tertiary/aromatic N) is 2. The molecule has 1 heterocycles. The minimum Gasteiger partial charge on any atom is -0.496 e. The highest BCUT2D eigenvalue weighted by Gasteiger charge is 2.37. The van der Waals surface area contributed by atoms with E-state index in [0.717, 1.165) is 36.3 Å². The minimum atomic E-state index is -0.131. The van der Waals surface area contributed by atoms with Gasteiger partial charge in [-0.3, -0.25) is 9.69 Å². The summed E-state index contributed by atoms with van der Waals surface area (Å²) in [6.45, 7) is 7.56. The number of benzene rings is 2. The van der Waals surface area contributed by atoms with Crippen LogP contribution in [0.5, 0.6) is 5.75 Å². The van der Waals surface area contributed by atoms with E-state index in [-0.39, 0.29) is 18.0 Å². The molecule has 1 aliphatic carbocycles. The monoisotopic (exact) mass is 506 g/mol. The number of nitrogens with one attached hydrogen (secondary N) is 2. The normalized spacial score (nSPS) is 17.6. The number of hydrogen-bond acceptors (Lipinski definition) is 4. The van der Waals surface area contributed by atoms with Crippen LogP contribution in [0.25, 0.3) is 0 Å². The van der Waals surface area contributed by atoms with Crippen molar-refractivity contribution in [3.05, 3.63) is 59.7 Å². The molecule has 4 rings (SSSR count). The minimum absolute atomic E-state index is 0.0735. The number of anilines is 1. The van der Waals surface area contributed by atoms with Gasteiger partial charge in [0.05, 0.1) is 13.2 Å². The number of methoxy groups -OCH3 is 1. The van der Waals surface area contributed by atoms with Gasteiger partial charge in [0.25, 0.3) is 0 Å². The predicted molar refractivity (Wildman–Crippen MR) is 148 cm³/mol. The molecule has 7 heteroatoms. The molecule has 3 amide bonds. The van der Waals surface area contributed by atoms with E-state index < -0.39 is 0 Å². The summed E-state index contributed by atoms with van der Waals surface area (Å²) in [5.74, 6) is 1.81. The van der Waals surface area contributed by atoms with Crippen LogP contribution in [0.1, 0.15) is 56.6 Å². The lowest BCUT2D eigenvalue weighted by Crippen LogP contribution is -2.58. The number of carbonyl (C=O) groups is 2. The Hall–Kier alpha value is -3.06. The van der Waals surface area contributed by atoms with Gasteiger partial charge in [-0.15, -0.1) is 0 Å². The Bertz CT molecular complexity index is 1030. The van der Waals surface area contributed by atoms with Gasteiger partial charge >= 0.3 is 6.03 Å². The molecule has 0 aromatic heterocycles. The van der Waals surface area contributed by atoms with Crippen LogP contribution in [0.2, 0.25) is 0 Å². The lowest BCUT2D eigenvalue weighted by molar-refractivity contribution is -0.129. The van der Waals surface area contributed by atoms with Gasteiger partial charge in [0, 0.05) is 38.4 Å². The summed E-state index contributed by atoms with van der Waals surface area (Å²) in [4.78, 5) is 30.5. The molecule has 2 fully saturated rings. The maximum Gasteiger partial charge on any atom is 0.321 e. The van der Waals surface area contributed by atoms with Crippen molar-refractivity contribution < 1.29 is 14.3 Å². The SMILES string of the molecule is COc1ccccc1CCNC(=O)C(C1CCCC1)N1CCN(C(=O)Nc2ccc(C(C)C)cc2)CC1. The second-order valence-electron chi connectivity index (χ2n) is 10.6. The largest absolute Gasteiger partial charge is 0.496 e. The van der Waals surface area contributed by atoms with E-state index in [1.54, 1.807) is 7.11 Å². The van der Waals surface area contributed by atoms with Crippen molar-refractivity contribution in [2.24, 2.45) is 5.92 Å². The van der Waals surface area contributed by atoms with E-state index in [9.17, 15) is 9.59 Å². The fraction of sp³-hybridized carbons (Fsp3) is 0.533. The molecule has 0 spiro atoms. The van der Waals surface area contributed by atoms with E-state index in [4.69, 9.17) is 4.74 Å². The third-order valence-electron chi connectivity index (χ3n) is 7.82. The summed E-state index contributed by atoms with van der Waals surface area (Å²) in [5, 5.41) is 6.24. The molecule has 2 aromatic carbocycles. The Balaban J connectivity index is 1.31. The second kappa shape index (κ2) is 13.0. The van der Waals surface area contributed by atoms with Crippen molar-refractivity contribution in [1.82, 2.24) is 15.1 Å². The van der Waals surface area contributed by atoms with Crippen LogP contribution in [0.4, 0.5) is 10.5 Å². The van der Waals surface area contributed by atoms with E-state index in [0.29, 0.717) is 44.6 Å². The van der Waals surface area contributed by atoms with Crippen molar-refractivity contribution in [3.8, 4) is 5.75 Å². The van der Waals surface area contributed by atoms with Crippen LogP contribution in [-0.4, -0.2) is 67.6 Å². The number of para-hydroxylation sites is 1. The van der Waals surface area contributed by atoms with Crippen LogP contribution in [-0.2, 0) is 11.2 Å². The zero-order valence-corrected chi connectivity index (χ0v) is 22.5. The van der Waals surface area contributed by atoms with Crippen molar-refractivity contribution in [1.29, 1.82) is 0 Å². The van der Waals surface area contributed by atoms with E-state index in [1.807, 2.05) is 41.3 Å². The third kappa shape index (κ3) is 7.04. The van der Waals surface area contributed by atoms with Crippen molar-refractivity contribution in [2.75, 3.05) is 45.2 Å². The highest BCUT2D eigenvalue weighted by molar-refractivity contribution is 5.89. The van der Waals surface area contributed by atoms with Crippen LogP contribution >= 0.6 is 0 Å². The lowest BCUT2D eigenvalue weighted by Gasteiger charge is -2.40. The molecule has 1 aliphatic heterocycles. The molecular formula is C30H42N4O3. The first kappa shape index (κ1) is 27.0. The number of urea groups is 1. The molecule has 200 valence electrons. The molecular weight excluding hydrogens is 464 g/mol. The number of rotatable bonds is 9. The quantitative estimate of drug-likeness (QED) is 0.508. The van der Waals surface area contributed by atoms with E-state index >= 15 is 0 Å². The Labute approximate surface area is 221 Å². The second-order valence-corrected chi connectivity index (χ2v) is 10.6. The number of carbonyl (C=O) groups excluding carboxylic acids is 2. The topological polar surface area (TPSA) is 73.9 Å². The van der Waals surface area contributed by atoms with Crippen LogP contribution < -0.4 is 15.4 Å².